The summed E-state index contributed by atoms with van der Waals surface area (Å²) in [5, 5.41) is 3.97. The Hall–Kier alpha value is -2.06. The highest BCUT2D eigenvalue weighted by Gasteiger charge is 2.21. The van der Waals surface area contributed by atoms with Crippen LogP contribution in [0.5, 0.6) is 0 Å². The predicted octanol–water partition coefficient (Wildman–Crippen LogP) is 2.49. The van der Waals surface area contributed by atoms with E-state index in [4.69, 9.17) is 0 Å². The minimum Gasteiger partial charge on any atom is -0.313 e. The molecular formula is C14H12N4O2S2. The fourth-order valence-corrected chi connectivity index (χ4v) is 4.78. The molecule has 2 N–H and O–H groups in total. The zero-order valence-electron chi connectivity index (χ0n) is 11.7. The minimum atomic E-state index is -0.229. The molecule has 0 bridgehead atoms. The van der Waals surface area contributed by atoms with Crippen LogP contribution in [0.4, 0.5) is 5.13 Å². The Kier molecular flexibility index (Phi) is 3.08. The number of carbonyl (C=O) groups is 1. The zero-order chi connectivity index (χ0) is 15.3. The number of carbonyl (C=O) groups excluding carboxylic acids is 1. The molecule has 0 fully saturated rings. The number of fused-ring (bicyclic) bond motifs is 2. The van der Waals surface area contributed by atoms with Crippen LogP contribution in [0.3, 0.4) is 0 Å². The molecule has 0 radical (unpaired) electrons. The van der Waals surface area contributed by atoms with Gasteiger partial charge in [0.1, 0.15) is 4.83 Å². The molecule has 0 aromatic carbocycles. The number of thiophene rings is 1. The van der Waals surface area contributed by atoms with Crippen LogP contribution in [-0.2, 0) is 12.8 Å². The maximum absolute atomic E-state index is 12.5. The number of hydrogen-bond donors (Lipinski definition) is 2. The van der Waals surface area contributed by atoms with Crippen LogP contribution in [0, 0.1) is 6.92 Å². The summed E-state index contributed by atoms with van der Waals surface area (Å²) < 4.78 is 0. The van der Waals surface area contributed by atoms with Crippen LogP contribution in [-0.4, -0.2) is 20.9 Å². The van der Waals surface area contributed by atoms with Gasteiger partial charge in [-0.2, -0.15) is 0 Å². The van der Waals surface area contributed by atoms with E-state index in [0.717, 1.165) is 25.0 Å². The predicted molar refractivity (Wildman–Crippen MR) is 87.1 cm³/mol. The van der Waals surface area contributed by atoms with Gasteiger partial charge in [0.25, 0.3) is 11.5 Å². The summed E-state index contributed by atoms with van der Waals surface area (Å²) in [4.78, 5) is 37.8. The molecule has 0 aliphatic heterocycles. The van der Waals surface area contributed by atoms with Gasteiger partial charge in [0.15, 0.2) is 5.13 Å². The largest absolute Gasteiger partial charge is 0.313 e. The third-order valence-electron chi connectivity index (χ3n) is 3.76. The molecule has 3 aromatic heterocycles. The molecule has 4 rings (SSSR count). The van der Waals surface area contributed by atoms with Gasteiger partial charge in [0.2, 0.25) is 0 Å². The first-order valence-corrected chi connectivity index (χ1v) is 8.53. The standard InChI is InChI=1S/C14H12N4O2S2/c1-6-9-11(19)15-5-16-13(9)22-10(6)12(20)18-14-17-7-3-2-4-8(7)21-14/h5H,2-4H2,1H3,(H,15,16,19)(H,17,18,20). The van der Waals surface area contributed by atoms with Gasteiger partial charge in [-0.15, -0.1) is 22.7 Å². The molecule has 3 heterocycles. The molecule has 22 heavy (non-hydrogen) atoms. The highest BCUT2D eigenvalue weighted by Crippen LogP contribution is 2.32. The number of aromatic nitrogens is 3. The van der Waals surface area contributed by atoms with Crippen molar-refractivity contribution < 1.29 is 4.79 Å². The first-order chi connectivity index (χ1) is 10.6. The second-order valence-corrected chi connectivity index (χ2v) is 7.25. The van der Waals surface area contributed by atoms with Gasteiger partial charge in [-0.25, -0.2) is 9.97 Å². The molecule has 1 amide bonds. The van der Waals surface area contributed by atoms with E-state index in [2.05, 4.69) is 20.3 Å². The zero-order valence-corrected chi connectivity index (χ0v) is 13.4. The molecule has 1 aliphatic rings. The fraction of sp³-hybridized carbons (Fsp3) is 0.286. The summed E-state index contributed by atoms with van der Waals surface area (Å²) in [7, 11) is 0. The molecule has 1 aliphatic carbocycles. The highest BCUT2D eigenvalue weighted by molar-refractivity contribution is 7.21. The molecule has 3 aromatic rings. The van der Waals surface area contributed by atoms with Gasteiger partial charge in [-0.05, 0) is 31.7 Å². The molecule has 8 heteroatoms. The molecule has 0 unspecified atom stereocenters. The van der Waals surface area contributed by atoms with E-state index in [0.29, 0.717) is 25.8 Å². The average Bonchev–Trinajstić information content (AvgIpc) is 3.12. The number of hydrogen-bond acceptors (Lipinski definition) is 6. The molecule has 112 valence electrons. The number of thiazole rings is 1. The molecule has 6 nitrogen and oxygen atoms in total. The van der Waals surface area contributed by atoms with Crippen LogP contribution >= 0.6 is 22.7 Å². The Morgan fingerprint density at radius 1 is 1.36 bits per heavy atom. The van der Waals surface area contributed by atoms with Crippen molar-refractivity contribution in [1.82, 2.24) is 15.0 Å². The third-order valence-corrected chi connectivity index (χ3v) is 6.03. The van der Waals surface area contributed by atoms with Gasteiger partial charge < -0.3 is 4.98 Å². The van der Waals surface area contributed by atoms with E-state index in [9.17, 15) is 9.59 Å². The van der Waals surface area contributed by atoms with Crippen LogP contribution in [0.15, 0.2) is 11.1 Å². The van der Waals surface area contributed by atoms with E-state index >= 15 is 0 Å². The van der Waals surface area contributed by atoms with Crippen LogP contribution in [0.25, 0.3) is 10.2 Å². The van der Waals surface area contributed by atoms with Gasteiger partial charge >= 0.3 is 0 Å². The Balaban J connectivity index is 1.69. The van der Waals surface area contributed by atoms with Crippen LogP contribution in [0.1, 0.15) is 32.2 Å². The van der Waals surface area contributed by atoms with Crippen molar-refractivity contribution in [1.29, 1.82) is 0 Å². The maximum Gasteiger partial charge on any atom is 0.267 e. The Morgan fingerprint density at radius 3 is 3.00 bits per heavy atom. The summed E-state index contributed by atoms with van der Waals surface area (Å²) in [6.07, 6.45) is 4.53. The van der Waals surface area contributed by atoms with E-state index in [1.54, 1.807) is 6.92 Å². The normalized spacial score (nSPS) is 13.5. The monoisotopic (exact) mass is 332 g/mol. The smallest absolute Gasteiger partial charge is 0.267 e. The number of nitrogens with one attached hydrogen (secondary N) is 2. The van der Waals surface area contributed by atoms with Crippen molar-refractivity contribution in [2.75, 3.05) is 5.32 Å². The van der Waals surface area contributed by atoms with Crippen molar-refractivity contribution in [3.63, 3.8) is 0 Å². The maximum atomic E-state index is 12.5. The second-order valence-electron chi connectivity index (χ2n) is 5.16. The SMILES string of the molecule is Cc1c(C(=O)Nc2nc3c(s2)CCC3)sc2nc[nH]c(=O)c12. The number of aromatic amines is 1. The van der Waals surface area contributed by atoms with Gasteiger partial charge in [-0.1, -0.05) is 0 Å². The molecule has 0 saturated carbocycles. The van der Waals surface area contributed by atoms with Gasteiger partial charge in [-0.3, -0.25) is 14.9 Å². The summed E-state index contributed by atoms with van der Waals surface area (Å²) in [6, 6.07) is 0. The highest BCUT2D eigenvalue weighted by atomic mass is 32.1. The number of anilines is 1. The molecular weight excluding hydrogens is 320 g/mol. The van der Waals surface area contributed by atoms with Gasteiger partial charge in [0.05, 0.1) is 22.3 Å². The number of aryl methyl sites for hydroxylation is 3. The lowest BCUT2D eigenvalue weighted by Gasteiger charge is -2.00. The van der Waals surface area contributed by atoms with Crippen molar-refractivity contribution in [3.05, 3.63) is 37.7 Å². The Bertz CT molecular complexity index is 932. The first-order valence-electron chi connectivity index (χ1n) is 6.90. The first kappa shape index (κ1) is 13.6. The lowest BCUT2D eigenvalue weighted by Crippen LogP contribution is -2.12. The van der Waals surface area contributed by atoms with E-state index in [-0.39, 0.29) is 11.5 Å². The average molecular weight is 332 g/mol. The second kappa shape index (κ2) is 4.99. The van der Waals surface area contributed by atoms with Crippen molar-refractivity contribution >= 4 is 43.9 Å². The summed E-state index contributed by atoms with van der Waals surface area (Å²) >= 11 is 2.77. The summed E-state index contributed by atoms with van der Waals surface area (Å²) in [5.41, 5.74) is 1.55. The quantitative estimate of drug-likeness (QED) is 0.755. The molecule has 0 atom stereocenters. The fourth-order valence-electron chi connectivity index (χ4n) is 2.69. The lowest BCUT2D eigenvalue weighted by atomic mass is 10.2. The van der Waals surface area contributed by atoms with Crippen LogP contribution in [0.2, 0.25) is 0 Å². The number of nitrogens with zero attached hydrogens (tertiary/aromatic N) is 2. The van der Waals surface area contributed by atoms with Crippen molar-refractivity contribution in [3.8, 4) is 0 Å². The minimum absolute atomic E-state index is 0.217. The van der Waals surface area contributed by atoms with Crippen LogP contribution < -0.4 is 10.9 Å². The number of rotatable bonds is 2. The van der Waals surface area contributed by atoms with E-state index in [1.165, 1.54) is 33.9 Å². The number of amides is 1. The van der Waals surface area contributed by atoms with E-state index < -0.39 is 0 Å². The molecule has 0 saturated heterocycles. The van der Waals surface area contributed by atoms with Gasteiger partial charge in [0, 0.05) is 4.88 Å². The summed E-state index contributed by atoms with van der Waals surface area (Å²) in [6.45, 7) is 1.77. The van der Waals surface area contributed by atoms with E-state index in [1.807, 2.05) is 0 Å². The third kappa shape index (κ3) is 2.06. The Labute approximate surface area is 133 Å². The summed E-state index contributed by atoms with van der Waals surface area (Å²) in [5.74, 6) is -0.229. The Morgan fingerprint density at radius 2 is 2.23 bits per heavy atom. The number of H-pyrrole nitrogens is 1. The van der Waals surface area contributed by atoms with Crippen molar-refractivity contribution in [2.45, 2.75) is 26.2 Å². The molecule has 0 spiro atoms. The van der Waals surface area contributed by atoms with Crippen molar-refractivity contribution in [2.24, 2.45) is 0 Å². The topological polar surface area (TPSA) is 87.7 Å². The lowest BCUT2D eigenvalue weighted by molar-refractivity contribution is 0.103.